The molecule has 4 aliphatic rings. The summed E-state index contributed by atoms with van der Waals surface area (Å²) in [7, 11) is 0. The maximum Gasteiger partial charge on any atom is 0.303 e. The van der Waals surface area contributed by atoms with E-state index in [9.17, 15) is 14.4 Å². The molecule has 4 aliphatic heterocycles. The summed E-state index contributed by atoms with van der Waals surface area (Å²) in [6.45, 7) is 3.53. The fourth-order valence-electron chi connectivity index (χ4n) is 5.40. The van der Waals surface area contributed by atoms with Crippen molar-refractivity contribution in [2.24, 2.45) is 0 Å². The van der Waals surface area contributed by atoms with E-state index in [0.717, 1.165) is 12.5 Å². The van der Waals surface area contributed by atoms with E-state index >= 15 is 0 Å². The van der Waals surface area contributed by atoms with Crippen molar-refractivity contribution in [1.82, 2.24) is 0 Å². The molecule has 4 heterocycles. The Balaban J connectivity index is 1.39. The van der Waals surface area contributed by atoms with Crippen LogP contribution in [-0.2, 0) is 61.8 Å². The lowest BCUT2D eigenvalue weighted by molar-refractivity contribution is -0.376. The van der Waals surface area contributed by atoms with Crippen LogP contribution < -0.4 is 0 Å². The minimum Gasteiger partial charge on any atom is -0.455 e. The van der Waals surface area contributed by atoms with Gasteiger partial charge in [0.25, 0.3) is 3.79 Å². The Labute approximate surface area is 266 Å². The lowest BCUT2D eigenvalue weighted by atomic mass is 9.96. The molecule has 11 atom stereocenters. The van der Waals surface area contributed by atoms with E-state index in [2.05, 4.69) is 0 Å². The Bertz CT molecular complexity index is 1230. The minimum atomic E-state index is -2.21. The predicted molar refractivity (Wildman–Crippen MR) is 148 cm³/mol. The number of benzene rings is 1. The molecular formula is C27H30Cl3NO13. The highest BCUT2D eigenvalue weighted by Gasteiger charge is 2.60. The summed E-state index contributed by atoms with van der Waals surface area (Å²) >= 11 is 17.3. The van der Waals surface area contributed by atoms with Gasteiger partial charge in [-0.15, -0.1) is 0 Å². The smallest absolute Gasteiger partial charge is 0.303 e. The largest absolute Gasteiger partial charge is 0.455 e. The SMILES string of the molecule is CC(=O)O[C@@H]1[C@@H](OC(C)=O)[C@H](O[C@H]2[C@@H]3OC[C@H]2O[C@@H](OC(=N)C(Cl)(Cl)Cl)[C@@H]3OC(C)=O)O[C@@H]2COC(c3ccccc3)O[C@@H]12. The molecule has 1 aromatic rings. The van der Waals surface area contributed by atoms with Gasteiger partial charge in [-0.25, -0.2) is 0 Å². The number of hydrogen-bond donors (Lipinski definition) is 1. The molecule has 1 unspecified atom stereocenters. The third-order valence-electron chi connectivity index (χ3n) is 7.09. The summed E-state index contributed by atoms with van der Waals surface area (Å²) in [5.74, 6) is -2.84. The number of fused-ring (bicyclic) bond motifs is 3. The molecule has 17 heteroatoms. The van der Waals surface area contributed by atoms with Crippen molar-refractivity contribution in [2.75, 3.05) is 13.2 Å². The highest BCUT2D eigenvalue weighted by molar-refractivity contribution is 6.76. The van der Waals surface area contributed by atoms with Gasteiger partial charge in [-0.05, 0) is 0 Å². The molecular weight excluding hydrogens is 653 g/mol. The normalized spacial score (nSPS) is 36.5. The Morgan fingerprint density at radius 2 is 1.32 bits per heavy atom. The number of esters is 3. The topological polar surface area (TPSA) is 167 Å². The van der Waals surface area contributed by atoms with Gasteiger partial charge < -0.3 is 47.4 Å². The van der Waals surface area contributed by atoms with E-state index < -0.39 is 95.3 Å². The summed E-state index contributed by atoms with van der Waals surface area (Å²) < 4.78 is 56.2. The first-order valence-corrected chi connectivity index (χ1v) is 14.7. The third-order valence-corrected chi connectivity index (χ3v) is 7.60. The quantitative estimate of drug-likeness (QED) is 0.147. The molecule has 0 aromatic heterocycles. The van der Waals surface area contributed by atoms with Crippen LogP contribution in [0.25, 0.3) is 0 Å². The van der Waals surface area contributed by atoms with Crippen LogP contribution >= 0.6 is 34.8 Å². The molecule has 44 heavy (non-hydrogen) atoms. The van der Waals surface area contributed by atoms with Gasteiger partial charge in [0.1, 0.15) is 30.5 Å². The molecule has 1 aromatic carbocycles. The third kappa shape index (κ3) is 7.40. The van der Waals surface area contributed by atoms with Crippen molar-refractivity contribution in [1.29, 1.82) is 5.41 Å². The van der Waals surface area contributed by atoms with Crippen LogP contribution in [0.2, 0.25) is 0 Å². The summed E-state index contributed by atoms with van der Waals surface area (Å²) in [6.07, 6.45) is -11.9. The molecule has 2 bridgehead atoms. The second-order valence-corrected chi connectivity index (χ2v) is 12.6. The maximum absolute atomic E-state index is 12.3. The van der Waals surface area contributed by atoms with Gasteiger partial charge in [-0.1, -0.05) is 65.1 Å². The zero-order valence-electron chi connectivity index (χ0n) is 23.6. The Morgan fingerprint density at radius 1 is 0.727 bits per heavy atom. The molecule has 0 saturated carbocycles. The highest BCUT2D eigenvalue weighted by Crippen LogP contribution is 2.41. The molecule has 1 N–H and O–H groups in total. The fourth-order valence-corrected chi connectivity index (χ4v) is 5.53. The van der Waals surface area contributed by atoms with Gasteiger partial charge in [0.2, 0.25) is 12.2 Å². The number of halogens is 3. The summed E-state index contributed by atoms with van der Waals surface area (Å²) in [4.78, 5) is 36.5. The van der Waals surface area contributed by atoms with Crippen LogP contribution in [0.15, 0.2) is 30.3 Å². The number of hydrogen-bond acceptors (Lipinski definition) is 14. The number of rotatable bonds is 7. The molecule has 4 fully saturated rings. The summed E-state index contributed by atoms with van der Waals surface area (Å²) in [5.41, 5.74) is 0.721. The second kappa shape index (κ2) is 13.6. The summed E-state index contributed by atoms with van der Waals surface area (Å²) in [5, 5.41) is 7.94. The first-order chi connectivity index (χ1) is 20.8. The molecule has 0 spiro atoms. The van der Waals surface area contributed by atoms with E-state index in [1.54, 1.807) is 0 Å². The van der Waals surface area contributed by atoms with E-state index in [1.807, 2.05) is 30.3 Å². The lowest BCUT2D eigenvalue weighted by Crippen LogP contribution is -2.66. The minimum absolute atomic E-state index is 0.0181. The Morgan fingerprint density at radius 3 is 1.95 bits per heavy atom. The van der Waals surface area contributed by atoms with Crippen LogP contribution in [0.4, 0.5) is 0 Å². The van der Waals surface area contributed by atoms with Gasteiger partial charge in [-0.2, -0.15) is 0 Å². The molecule has 14 nitrogen and oxygen atoms in total. The molecule has 0 amide bonds. The van der Waals surface area contributed by atoms with Crippen molar-refractivity contribution < 1.29 is 61.8 Å². The average molecular weight is 683 g/mol. The van der Waals surface area contributed by atoms with Crippen LogP contribution in [0.5, 0.6) is 0 Å². The molecule has 5 rings (SSSR count). The Hall–Kier alpha value is -2.27. The van der Waals surface area contributed by atoms with E-state index in [4.69, 9.17) is 87.6 Å². The number of ether oxygens (including phenoxy) is 10. The van der Waals surface area contributed by atoms with Crippen molar-refractivity contribution in [3.63, 3.8) is 0 Å². The van der Waals surface area contributed by atoms with Crippen molar-refractivity contribution in [2.45, 2.75) is 92.3 Å². The maximum atomic E-state index is 12.3. The van der Waals surface area contributed by atoms with Crippen LogP contribution in [0.1, 0.15) is 32.6 Å². The summed E-state index contributed by atoms with van der Waals surface area (Å²) in [6, 6.07) is 9.12. The van der Waals surface area contributed by atoms with E-state index in [-0.39, 0.29) is 13.2 Å². The number of nitrogens with one attached hydrogen (secondary N) is 1. The zero-order chi connectivity index (χ0) is 31.8. The lowest BCUT2D eigenvalue weighted by Gasteiger charge is -2.49. The zero-order valence-corrected chi connectivity index (χ0v) is 25.9. The predicted octanol–water partition coefficient (Wildman–Crippen LogP) is 2.49. The first kappa shape index (κ1) is 33.1. The van der Waals surface area contributed by atoms with Crippen LogP contribution in [0, 0.1) is 5.41 Å². The van der Waals surface area contributed by atoms with Gasteiger partial charge in [0, 0.05) is 26.3 Å². The number of carbonyl (C=O) groups is 3. The molecule has 0 radical (unpaired) electrons. The molecule has 242 valence electrons. The highest BCUT2D eigenvalue weighted by atomic mass is 35.6. The van der Waals surface area contributed by atoms with Crippen molar-refractivity contribution >= 4 is 58.6 Å². The average Bonchev–Trinajstić information content (AvgIpc) is 3.24. The molecule has 0 aliphatic carbocycles. The van der Waals surface area contributed by atoms with E-state index in [0.29, 0.717) is 0 Å². The van der Waals surface area contributed by atoms with Crippen molar-refractivity contribution in [3.05, 3.63) is 35.9 Å². The van der Waals surface area contributed by atoms with E-state index in [1.165, 1.54) is 13.8 Å². The first-order valence-electron chi connectivity index (χ1n) is 13.6. The van der Waals surface area contributed by atoms with Gasteiger partial charge in [0.15, 0.2) is 30.9 Å². The van der Waals surface area contributed by atoms with Gasteiger partial charge >= 0.3 is 17.9 Å². The van der Waals surface area contributed by atoms with Crippen LogP contribution in [-0.4, -0.2) is 102 Å². The monoisotopic (exact) mass is 681 g/mol. The standard InChI is InChI=1S/C27H30Cl3NO13/c1-11(32)37-20-18-16(10-36-23(42-18)14-7-5-4-6-8-14)40-24(22(20)39-13(3)34)43-17-15-9-35-19(17)21(38-12(2)33)25(41-15)44-26(31)27(28,29)30/h4-8,15-25,31H,9-10H2,1-3H3/t15-,16-,17-,18-,19+,20+,21-,22-,23?,24+,25+/m1/s1. The fraction of sp³-hybridized carbons (Fsp3) is 0.630. The number of alkyl halides is 3. The Kier molecular flexibility index (Phi) is 10.2. The number of carbonyl (C=O) groups excluding carboxylic acids is 3. The molecule has 4 saturated heterocycles. The van der Waals surface area contributed by atoms with Gasteiger partial charge in [-0.3, -0.25) is 19.8 Å². The van der Waals surface area contributed by atoms with Crippen molar-refractivity contribution in [3.8, 4) is 0 Å². The second-order valence-electron chi connectivity index (χ2n) is 10.3. The van der Waals surface area contributed by atoms with Gasteiger partial charge in [0.05, 0.1) is 13.2 Å². The van der Waals surface area contributed by atoms with Crippen LogP contribution in [0.3, 0.4) is 0 Å².